The van der Waals surface area contributed by atoms with E-state index in [2.05, 4.69) is 5.32 Å². The highest BCUT2D eigenvalue weighted by atomic mass is 35.5. The number of nitrogens with one attached hydrogen (secondary N) is 2. The van der Waals surface area contributed by atoms with Crippen LogP contribution in [-0.2, 0) is 11.3 Å². The Balaban J connectivity index is 1.65. The lowest BCUT2D eigenvalue weighted by atomic mass is 10.2. The molecule has 0 radical (unpaired) electrons. The fourth-order valence-corrected chi connectivity index (χ4v) is 3.07. The molecule has 0 saturated heterocycles. The molecule has 0 bridgehead atoms. The number of nitro groups is 1. The number of amides is 1. The predicted octanol–water partition coefficient (Wildman–Crippen LogP) is 2.57. The first-order valence-electron chi connectivity index (χ1n) is 8.26. The molecule has 1 aliphatic carbocycles. The fraction of sp³-hybridized carbons (Fsp3) is 0.278. The quantitative estimate of drug-likeness (QED) is 0.574. The number of hydrogen-bond donors (Lipinski definition) is 2. The van der Waals surface area contributed by atoms with E-state index in [0.29, 0.717) is 23.8 Å². The monoisotopic (exact) mass is 378 g/mol. The second-order valence-corrected chi connectivity index (χ2v) is 6.75. The third kappa shape index (κ3) is 4.56. The Labute approximate surface area is 154 Å². The lowest BCUT2D eigenvalue weighted by Crippen LogP contribution is -3.13. The summed E-state index contributed by atoms with van der Waals surface area (Å²) in [6.45, 7) is 0.602. The van der Waals surface area contributed by atoms with Crippen molar-refractivity contribution in [2.45, 2.75) is 25.4 Å². The van der Waals surface area contributed by atoms with E-state index in [1.54, 1.807) is 18.2 Å². The maximum atomic E-state index is 13.9. The second-order valence-electron chi connectivity index (χ2n) is 6.35. The Hall–Kier alpha value is -2.51. The lowest BCUT2D eigenvalue weighted by Gasteiger charge is -2.19. The molecule has 0 heterocycles. The van der Waals surface area contributed by atoms with Crippen molar-refractivity contribution in [1.82, 2.24) is 0 Å². The molecule has 3 rings (SSSR count). The first kappa shape index (κ1) is 18.3. The summed E-state index contributed by atoms with van der Waals surface area (Å²) in [5.74, 6) is -0.538. The first-order chi connectivity index (χ1) is 12.4. The number of rotatable bonds is 7. The van der Waals surface area contributed by atoms with Crippen LogP contribution in [0.5, 0.6) is 0 Å². The zero-order valence-corrected chi connectivity index (χ0v) is 14.6. The summed E-state index contributed by atoms with van der Waals surface area (Å²) in [4.78, 5) is 23.6. The van der Waals surface area contributed by atoms with Crippen molar-refractivity contribution in [1.29, 1.82) is 0 Å². The molecule has 136 valence electrons. The van der Waals surface area contributed by atoms with Gasteiger partial charge in [0.25, 0.3) is 11.6 Å². The van der Waals surface area contributed by atoms with Crippen molar-refractivity contribution >= 4 is 28.9 Å². The van der Waals surface area contributed by atoms with Crippen molar-refractivity contribution in [2.75, 3.05) is 11.9 Å². The normalized spacial score (nSPS) is 14.7. The average Bonchev–Trinajstić information content (AvgIpc) is 3.43. The molecule has 1 unspecified atom stereocenters. The predicted molar refractivity (Wildman–Crippen MR) is 95.7 cm³/mol. The van der Waals surface area contributed by atoms with Gasteiger partial charge in [0.2, 0.25) is 0 Å². The van der Waals surface area contributed by atoms with Crippen molar-refractivity contribution in [3.05, 3.63) is 69.0 Å². The number of halogens is 2. The van der Waals surface area contributed by atoms with Gasteiger partial charge in [-0.25, -0.2) is 4.39 Å². The first-order valence-corrected chi connectivity index (χ1v) is 8.63. The molecule has 6 nitrogen and oxygen atoms in total. The van der Waals surface area contributed by atoms with E-state index in [9.17, 15) is 19.3 Å². The Kier molecular flexibility index (Phi) is 5.49. The van der Waals surface area contributed by atoms with Gasteiger partial charge in [-0.15, -0.1) is 0 Å². The molecule has 1 fully saturated rings. The largest absolute Gasteiger partial charge is 0.321 e. The van der Waals surface area contributed by atoms with Crippen LogP contribution in [0, 0.1) is 15.9 Å². The number of nitro benzene ring substituents is 1. The van der Waals surface area contributed by atoms with E-state index in [1.807, 2.05) is 0 Å². The van der Waals surface area contributed by atoms with Crippen LogP contribution < -0.4 is 10.2 Å². The van der Waals surface area contributed by atoms with Crippen molar-refractivity contribution in [2.24, 2.45) is 0 Å². The van der Waals surface area contributed by atoms with Gasteiger partial charge >= 0.3 is 0 Å². The van der Waals surface area contributed by atoms with Gasteiger partial charge < -0.3 is 10.2 Å². The van der Waals surface area contributed by atoms with Crippen molar-refractivity contribution in [3.8, 4) is 0 Å². The molecular weight excluding hydrogens is 361 g/mol. The molecule has 1 amide bonds. The number of non-ortho nitro benzene ring substituents is 1. The van der Waals surface area contributed by atoms with Gasteiger partial charge in [-0.3, -0.25) is 14.9 Å². The summed E-state index contributed by atoms with van der Waals surface area (Å²) in [7, 11) is 0. The minimum Gasteiger partial charge on any atom is -0.321 e. The number of hydrogen-bond acceptors (Lipinski definition) is 3. The summed E-state index contributed by atoms with van der Waals surface area (Å²) in [5.41, 5.74) is 0.761. The molecule has 2 aromatic carbocycles. The Bertz CT molecular complexity index is 842. The maximum absolute atomic E-state index is 13.9. The van der Waals surface area contributed by atoms with Gasteiger partial charge in [0, 0.05) is 30.5 Å². The van der Waals surface area contributed by atoms with E-state index >= 15 is 0 Å². The van der Waals surface area contributed by atoms with Gasteiger partial charge in [0.1, 0.15) is 12.4 Å². The fourth-order valence-electron chi connectivity index (χ4n) is 2.85. The standard InChI is InChI=1S/C18H17ClFN3O3/c19-15-9-14(23(25)26)7-8-17(15)21-18(24)11-22(13-5-6-13)10-12-3-1-2-4-16(12)20/h1-4,7-9,13H,5-6,10-11H2,(H,21,24)/p+1. The van der Waals surface area contributed by atoms with E-state index in [4.69, 9.17) is 11.6 Å². The van der Waals surface area contributed by atoms with Gasteiger partial charge in [-0.2, -0.15) is 0 Å². The zero-order valence-electron chi connectivity index (χ0n) is 13.9. The molecule has 0 aromatic heterocycles. The second kappa shape index (κ2) is 7.80. The molecule has 26 heavy (non-hydrogen) atoms. The third-order valence-electron chi connectivity index (χ3n) is 4.36. The highest BCUT2D eigenvalue weighted by Crippen LogP contribution is 2.26. The van der Waals surface area contributed by atoms with Crippen LogP contribution >= 0.6 is 11.6 Å². The summed E-state index contributed by atoms with van der Waals surface area (Å²) in [6, 6.07) is 10.8. The topological polar surface area (TPSA) is 76.7 Å². The van der Waals surface area contributed by atoms with Gasteiger partial charge in [-0.05, 0) is 12.1 Å². The summed E-state index contributed by atoms with van der Waals surface area (Å²) < 4.78 is 13.9. The van der Waals surface area contributed by atoms with E-state index in [1.165, 1.54) is 24.3 Å². The zero-order chi connectivity index (χ0) is 18.7. The van der Waals surface area contributed by atoms with Crippen LogP contribution in [0.1, 0.15) is 18.4 Å². The number of quaternary nitrogens is 1. The number of carbonyl (C=O) groups is 1. The number of anilines is 1. The Morgan fingerprint density at radius 2 is 2.04 bits per heavy atom. The Morgan fingerprint density at radius 1 is 1.31 bits per heavy atom. The number of carbonyl (C=O) groups excluding carboxylic acids is 1. The third-order valence-corrected chi connectivity index (χ3v) is 4.67. The smallest absolute Gasteiger partial charge is 0.279 e. The van der Waals surface area contributed by atoms with E-state index < -0.39 is 4.92 Å². The van der Waals surface area contributed by atoms with Crippen molar-refractivity contribution < 1.29 is 19.0 Å². The van der Waals surface area contributed by atoms with Crippen LogP contribution in [0.4, 0.5) is 15.8 Å². The minimum atomic E-state index is -0.551. The van der Waals surface area contributed by atoms with Gasteiger partial charge in [0.05, 0.1) is 21.7 Å². The van der Waals surface area contributed by atoms with Crippen LogP contribution in [-0.4, -0.2) is 23.4 Å². The molecule has 0 spiro atoms. The molecule has 1 atom stereocenters. The minimum absolute atomic E-state index is 0.106. The van der Waals surface area contributed by atoms with E-state index in [-0.39, 0.29) is 29.0 Å². The molecule has 1 saturated carbocycles. The molecule has 2 aromatic rings. The van der Waals surface area contributed by atoms with Crippen LogP contribution in [0.3, 0.4) is 0 Å². The summed E-state index contributed by atoms with van der Waals surface area (Å²) in [6.07, 6.45) is 2.02. The van der Waals surface area contributed by atoms with E-state index in [0.717, 1.165) is 17.7 Å². The molecule has 2 N–H and O–H groups in total. The number of nitrogens with zero attached hydrogens (tertiary/aromatic N) is 1. The van der Waals surface area contributed by atoms with Crippen LogP contribution in [0.15, 0.2) is 42.5 Å². The molecular formula is C18H18ClFN3O3+. The Morgan fingerprint density at radius 3 is 2.65 bits per heavy atom. The lowest BCUT2D eigenvalue weighted by molar-refractivity contribution is -0.917. The van der Waals surface area contributed by atoms with Crippen molar-refractivity contribution in [3.63, 3.8) is 0 Å². The molecule has 1 aliphatic rings. The highest BCUT2D eigenvalue weighted by Gasteiger charge is 2.35. The maximum Gasteiger partial charge on any atom is 0.279 e. The van der Waals surface area contributed by atoms with Crippen LogP contribution in [0.25, 0.3) is 0 Å². The SMILES string of the molecule is O=C(C[NH+](Cc1ccccc1F)C1CC1)Nc1ccc([N+](=O)[O-])cc1Cl. The van der Waals surface area contributed by atoms with Crippen LogP contribution in [0.2, 0.25) is 5.02 Å². The molecule has 8 heteroatoms. The summed E-state index contributed by atoms with van der Waals surface area (Å²) >= 11 is 6.00. The van der Waals surface area contributed by atoms with Gasteiger partial charge in [-0.1, -0.05) is 29.8 Å². The summed E-state index contributed by atoms with van der Waals surface area (Å²) in [5, 5.41) is 13.5. The van der Waals surface area contributed by atoms with Gasteiger partial charge in [0.15, 0.2) is 6.54 Å². The average molecular weight is 379 g/mol. The highest BCUT2D eigenvalue weighted by molar-refractivity contribution is 6.33. The number of benzene rings is 2. The molecule has 0 aliphatic heterocycles.